The molecule has 0 radical (unpaired) electrons. The van der Waals surface area contributed by atoms with E-state index in [1.54, 1.807) is 23.1 Å². The van der Waals surface area contributed by atoms with Gasteiger partial charge < -0.3 is 15.0 Å². The van der Waals surface area contributed by atoms with Crippen LogP contribution in [0.1, 0.15) is 12.5 Å². The van der Waals surface area contributed by atoms with Crippen LogP contribution in [0, 0.1) is 0 Å². The van der Waals surface area contributed by atoms with E-state index in [0.717, 1.165) is 17.7 Å². The number of benzene rings is 2. The Labute approximate surface area is 144 Å². The third-order valence-corrected chi connectivity index (χ3v) is 4.71. The number of fused-ring (bicyclic) bond motifs is 2. The molecular formula is C18H15ClN2O3. The van der Waals surface area contributed by atoms with Gasteiger partial charge in [0.25, 0.3) is 17.4 Å². The van der Waals surface area contributed by atoms with E-state index < -0.39 is 11.5 Å². The summed E-state index contributed by atoms with van der Waals surface area (Å²) in [5, 5.41) is 3.21. The third kappa shape index (κ3) is 2.16. The zero-order valence-corrected chi connectivity index (χ0v) is 13.8. The molecule has 0 fully saturated rings. The van der Waals surface area contributed by atoms with E-state index in [2.05, 4.69) is 5.32 Å². The number of anilines is 2. The summed E-state index contributed by atoms with van der Waals surface area (Å²) >= 11 is 5.94. The highest BCUT2D eigenvalue weighted by Crippen LogP contribution is 2.38. The molecule has 2 amide bonds. The summed E-state index contributed by atoms with van der Waals surface area (Å²) in [6.07, 6.45) is 0.770. The van der Waals surface area contributed by atoms with Crippen molar-refractivity contribution in [2.24, 2.45) is 0 Å². The number of rotatable bonds is 1. The second kappa shape index (κ2) is 5.24. The van der Waals surface area contributed by atoms with Crippen molar-refractivity contribution in [2.75, 3.05) is 16.8 Å². The van der Waals surface area contributed by atoms with E-state index in [1.165, 1.54) is 6.92 Å². The van der Waals surface area contributed by atoms with Gasteiger partial charge in [0.05, 0.1) is 5.69 Å². The van der Waals surface area contributed by atoms with E-state index in [4.69, 9.17) is 16.3 Å². The summed E-state index contributed by atoms with van der Waals surface area (Å²) in [5.41, 5.74) is 0.789. The van der Waals surface area contributed by atoms with E-state index in [9.17, 15) is 9.59 Å². The molecule has 6 heteroatoms. The van der Waals surface area contributed by atoms with Crippen molar-refractivity contribution in [3.63, 3.8) is 0 Å². The van der Waals surface area contributed by atoms with E-state index >= 15 is 0 Å². The average molecular weight is 343 g/mol. The lowest BCUT2D eigenvalue weighted by Gasteiger charge is -2.36. The molecule has 0 spiro atoms. The van der Waals surface area contributed by atoms with Crippen LogP contribution < -0.4 is 15.0 Å². The first-order valence-electron chi connectivity index (χ1n) is 7.69. The minimum absolute atomic E-state index is 0.370. The van der Waals surface area contributed by atoms with E-state index in [0.29, 0.717) is 23.0 Å². The van der Waals surface area contributed by atoms with Gasteiger partial charge in [-0.3, -0.25) is 9.59 Å². The monoisotopic (exact) mass is 342 g/mol. The standard InChI is InChI=1S/C18H15ClN2O3/c1-18(16(22)20-13-10-12(19)6-7-15(13)24-18)17(23)21-9-8-11-4-2-3-5-14(11)21/h2-7,10H,8-9H2,1H3,(H,20,22). The predicted molar refractivity (Wildman–Crippen MR) is 91.6 cm³/mol. The van der Waals surface area contributed by atoms with Gasteiger partial charge in [-0.2, -0.15) is 0 Å². The third-order valence-electron chi connectivity index (χ3n) is 4.48. The Kier molecular flexibility index (Phi) is 3.28. The lowest BCUT2D eigenvalue weighted by molar-refractivity contribution is -0.144. The molecule has 0 aliphatic carbocycles. The van der Waals surface area contributed by atoms with Crippen LogP contribution in [-0.2, 0) is 16.0 Å². The quantitative estimate of drug-likeness (QED) is 0.810. The highest BCUT2D eigenvalue weighted by atomic mass is 35.5. The van der Waals surface area contributed by atoms with Gasteiger partial charge in [-0.05, 0) is 43.2 Å². The van der Waals surface area contributed by atoms with Crippen LogP contribution in [0.4, 0.5) is 11.4 Å². The number of hydrogen-bond acceptors (Lipinski definition) is 3. The van der Waals surface area contributed by atoms with Gasteiger partial charge in [0, 0.05) is 17.3 Å². The van der Waals surface area contributed by atoms with Gasteiger partial charge in [0.15, 0.2) is 0 Å². The molecule has 1 N–H and O–H groups in total. The average Bonchev–Trinajstić information content (AvgIpc) is 2.99. The topological polar surface area (TPSA) is 58.6 Å². The summed E-state index contributed by atoms with van der Waals surface area (Å²) in [6.45, 7) is 2.04. The van der Waals surface area contributed by atoms with Gasteiger partial charge >= 0.3 is 0 Å². The van der Waals surface area contributed by atoms with Crippen molar-refractivity contribution in [2.45, 2.75) is 18.9 Å². The Bertz CT molecular complexity index is 867. The molecule has 0 aromatic heterocycles. The first-order chi connectivity index (χ1) is 11.5. The van der Waals surface area contributed by atoms with Crippen molar-refractivity contribution in [3.8, 4) is 5.75 Å². The molecule has 5 nitrogen and oxygen atoms in total. The summed E-state index contributed by atoms with van der Waals surface area (Å²) in [6, 6.07) is 12.6. The van der Waals surface area contributed by atoms with Gasteiger partial charge in [-0.1, -0.05) is 29.8 Å². The van der Waals surface area contributed by atoms with Crippen LogP contribution in [0.15, 0.2) is 42.5 Å². The second-order valence-corrected chi connectivity index (χ2v) is 6.50. The molecule has 2 aliphatic rings. The molecule has 1 atom stereocenters. The van der Waals surface area contributed by atoms with Gasteiger partial charge in [0.2, 0.25) is 0 Å². The summed E-state index contributed by atoms with van der Waals surface area (Å²) in [5.74, 6) is -0.431. The molecule has 122 valence electrons. The zero-order valence-electron chi connectivity index (χ0n) is 13.0. The molecule has 2 aromatic rings. The number of ether oxygens (including phenoxy) is 1. The van der Waals surface area contributed by atoms with Crippen LogP contribution in [-0.4, -0.2) is 24.0 Å². The van der Waals surface area contributed by atoms with E-state index in [-0.39, 0.29) is 5.91 Å². The van der Waals surface area contributed by atoms with Crippen molar-refractivity contribution in [3.05, 3.63) is 53.1 Å². The molecular weight excluding hydrogens is 328 g/mol. The highest BCUT2D eigenvalue weighted by molar-refractivity contribution is 6.31. The second-order valence-electron chi connectivity index (χ2n) is 6.07. The Hall–Kier alpha value is -2.53. The van der Waals surface area contributed by atoms with Crippen LogP contribution in [0.2, 0.25) is 5.02 Å². The molecule has 24 heavy (non-hydrogen) atoms. The molecule has 0 saturated heterocycles. The zero-order chi connectivity index (χ0) is 16.9. The lowest BCUT2D eigenvalue weighted by Crippen LogP contribution is -2.59. The summed E-state index contributed by atoms with van der Waals surface area (Å²) in [7, 11) is 0. The number of halogens is 1. The van der Waals surface area contributed by atoms with Crippen molar-refractivity contribution < 1.29 is 14.3 Å². The fourth-order valence-corrected chi connectivity index (χ4v) is 3.32. The van der Waals surface area contributed by atoms with Crippen molar-refractivity contribution in [1.82, 2.24) is 0 Å². The maximum Gasteiger partial charge on any atom is 0.280 e. The highest BCUT2D eigenvalue weighted by Gasteiger charge is 2.50. The molecule has 2 heterocycles. The normalized spacial score (nSPS) is 21.6. The van der Waals surface area contributed by atoms with E-state index in [1.807, 2.05) is 24.3 Å². The predicted octanol–water partition coefficient (Wildman–Crippen LogP) is 3.02. The first kappa shape index (κ1) is 15.0. The smallest absolute Gasteiger partial charge is 0.280 e. The minimum Gasteiger partial charge on any atom is -0.465 e. The number of hydrogen-bond donors (Lipinski definition) is 1. The van der Waals surface area contributed by atoms with Crippen molar-refractivity contribution >= 4 is 34.8 Å². The Balaban J connectivity index is 1.70. The number of nitrogens with zero attached hydrogens (tertiary/aromatic N) is 1. The minimum atomic E-state index is -1.61. The molecule has 2 aliphatic heterocycles. The molecule has 0 bridgehead atoms. The maximum absolute atomic E-state index is 13.1. The van der Waals surface area contributed by atoms with Crippen molar-refractivity contribution in [1.29, 1.82) is 0 Å². The summed E-state index contributed by atoms with van der Waals surface area (Å²) in [4.78, 5) is 27.3. The number of amides is 2. The lowest BCUT2D eigenvalue weighted by atomic mass is 10.0. The van der Waals surface area contributed by atoms with Crippen LogP contribution in [0.5, 0.6) is 5.75 Å². The summed E-state index contributed by atoms with van der Waals surface area (Å²) < 4.78 is 5.81. The largest absolute Gasteiger partial charge is 0.465 e. The molecule has 1 unspecified atom stereocenters. The number of carbonyl (C=O) groups is 2. The van der Waals surface area contributed by atoms with Crippen LogP contribution in [0.3, 0.4) is 0 Å². The number of nitrogens with one attached hydrogen (secondary N) is 1. The maximum atomic E-state index is 13.1. The number of para-hydroxylation sites is 1. The fourth-order valence-electron chi connectivity index (χ4n) is 3.14. The molecule has 4 rings (SSSR count). The van der Waals surface area contributed by atoms with Gasteiger partial charge in [-0.15, -0.1) is 0 Å². The SMILES string of the molecule is CC1(C(=O)N2CCc3ccccc32)Oc2ccc(Cl)cc2NC1=O. The Morgan fingerprint density at radius 1 is 1.29 bits per heavy atom. The Morgan fingerprint density at radius 3 is 2.92 bits per heavy atom. The molecule has 2 aromatic carbocycles. The van der Waals surface area contributed by atoms with Crippen LogP contribution >= 0.6 is 11.6 Å². The molecule has 0 saturated carbocycles. The fraction of sp³-hybridized carbons (Fsp3) is 0.222. The van der Waals surface area contributed by atoms with Crippen LogP contribution in [0.25, 0.3) is 0 Å². The first-order valence-corrected chi connectivity index (χ1v) is 8.07. The Morgan fingerprint density at radius 2 is 2.08 bits per heavy atom. The van der Waals surface area contributed by atoms with Gasteiger partial charge in [0.1, 0.15) is 5.75 Å². The van der Waals surface area contributed by atoms with Gasteiger partial charge in [-0.25, -0.2) is 0 Å². The number of carbonyl (C=O) groups excluding carboxylic acids is 2.